The number of nitrogens with zero attached hydrogens (tertiary/aromatic N) is 3. The van der Waals surface area contributed by atoms with Crippen molar-refractivity contribution in [3.8, 4) is 11.4 Å². The Morgan fingerprint density at radius 2 is 2.00 bits per heavy atom. The SMILES string of the molecule is COC(=O)c1cc(C)sc1NC(=O)CSc1nnc(-c2ccc(F)cc2)n1C. The van der Waals surface area contributed by atoms with Gasteiger partial charge < -0.3 is 14.6 Å². The number of nitrogens with one attached hydrogen (secondary N) is 1. The first-order chi connectivity index (χ1) is 13.4. The Balaban J connectivity index is 1.66. The first-order valence-electron chi connectivity index (χ1n) is 8.15. The molecule has 2 heterocycles. The van der Waals surface area contributed by atoms with Crippen LogP contribution in [0.4, 0.5) is 9.39 Å². The smallest absolute Gasteiger partial charge is 0.340 e. The molecule has 0 bridgehead atoms. The Kier molecular flexibility index (Phi) is 6.10. The van der Waals surface area contributed by atoms with Crippen molar-refractivity contribution in [2.24, 2.45) is 7.05 Å². The van der Waals surface area contributed by atoms with Crippen LogP contribution in [0.5, 0.6) is 0 Å². The zero-order valence-corrected chi connectivity index (χ0v) is 17.0. The van der Waals surface area contributed by atoms with Crippen LogP contribution in [0.1, 0.15) is 15.2 Å². The minimum absolute atomic E-state index is 0.0902. The number of amides is 1. The van der Waals surface area contributed by atoms with E-state index < -0.39 is 5.97 Å². The number of carbonyl (C=O) groups is 2. The van der Waals surface area contributed by atoms with Crippen LogP contribution in [0.25, 0.3) is 11.4 Å². The molecule has 0 spiro atoms. The maximum Gasteiger partial charge on any atom is 0.340 e. The van der Waals surface area contributed by atoms with E-state index >= 15 is 0 Å². The van der Waals surface area contributed by atoms with Crippen molar-refractivity contribution in [2.45, 2.75) is 12.1 Å². The molecule has 1 N–H and O–H groups in total. The molecule has 0 radical (unpaired) electrons. The molecule has 0 aliphatic rings. The summed E-state index contributed by atoms with van der Waals surface area (Å²) in [6.07, 6.45) is 0. The van der Waals surface area contributed by atoms with Gasteiger partial charge in [-0.2, -0.15) is 0 Å². The van der Waals surface area contributed by atoms with Gasteiger partial charge in [0, 0.05) is 17.5 Å². The lowest BCUT2D eigenvalue weighted by molar-refractivity contribution is -0.113. The van der Waals surface area contributed by atoms with Crippen molar-refractivity contribution in [2.75, 3.05) is 18.2 Å². The molecular formula is C18H17FN4O3S2. The van der Waals surface area contributed by atoms with Crippen molar-refractivity contribution < 1.29 is 18.7 Å². The number of hydrogen-bond acceptors (Lipinski definition) is 7. The second-order valence-electron chi connectivity index (χ2n) is 5.80. The predicted octanol–water partition coefficient (Wildman–Crippen LogP) is 3.51. The number of aromatic nitrogens is 3. The van der Waals surface area contributed by atoms with E-state index in [0.29, 0.717) is 21.5 Å². The van der Waals surface area contributed by atoms with E-state index in [-0.39, 0.29) is 17.5 Å². The lowest BCUT2D eigenvalue weighted by atomic mass is 10.2. The molecule has 10 heteroatoms. The molecule has 146 valence electrons. The number of esters is 1. The van der Waals surface area contributed by atoms with Gasteiger partial charge in [0.1, 0.15) is 10.8 Å². The highest BCUT2D eigenvalue weighted by atomic mass is 32.2. The Bertz CT molecular complexity index is 1010. The second kappa shape index (κ2) is 8.53. The largest absolute Gasteiger partial charge is 0.465 e. The molecule has 1 aromatic carbocycles. The third kappa shape index (κ3) is 4.39. The highest BCUT2D eigenvalue weighted by Gasteiger charge is 2.18. The summed E-state index contributed by atoms with van der Waals surface area (Å²) < 4.78 is 19.6. The molecular weight excluding hydrogens is 403 g/mol. The molecule has 3 rings (SSSR count). The van der Waals surface area contributed by atoms with Gasteiger partial charge in [0.25, 0.3) is 0 Å². The first-order valence-corrected chi connectivity index (χ1v) is 9.96. The minimum Gasteiger partial charge on any atom is -0.465 e. The Morgan fingerprint density at radius 1 is 1.29 bits per heavy atom. The average molecular weight is 420 g/mol. The summed E-state index contributed by atoms with van der Waals surface area (Å²) in [7, 11) is 3.07. The van der Waals surface area contributed by atoms with Crippen LogP contribution in [0.15, 0.2) is 35.5 Å². The third-order valence-corrected chi connectivity index (χ3v) is 5.77. The van der Waals surface area contributed by atoms with Gasteiger partial charge in [-0.25, -0.2) is 9.18 Å². The summed E-state index contributed by atoms with van der Waals surface area (Å²) in [6.45, 7) is 1.85. The Morgan fingerprint density at radius 3 is 2.68 bits per heavy atom. The van der Waals surface area contributed by atoms with E-state index in [1.54, 1.807) is 29.8 Å². The molecule has 2 aromatic heterocycles. The maximum atomic E-state index is 13.1. The molecule has 3 aromatic rings. The molecule has 0 aliphatic carbocycles. The molecule has 0 unspecified atom stereocenters. The van der Waals surface area contributed by atoms with Gasteiger partial charge in [-0.3, -0.25) is 4.79 Å². The fraction of sp³-hybridized carbons (Fsp3) is 0.222. The number of anilines is 1. The highest BCUT2D eigenvalue weighted by Crippen LogP contribution is 2.29. The molecule has 0 saturated carbocycles. The van der Waals surface area contributed by atoms with Gasteiger partial charge in [0.2, 0.25) is 5.91 Å². The van der Waals surface area contributed by atoms with Gasteiger partial charge >= 0.3 is 5.97 Å². The number of thiophene rings is 1. The zero-order chi connectivity index (χ0) is 20.3. The molecule has 1 amide bonds. The molecule has 28 heavy (non-hydrogen) atoms. The number of halogens is 1. The lowest BCUT2D eigenvalue weighted by Crippen LogP contribution is -2.16. The van der Waals surface area contributed by atoms with Crippen molar-refractivity contribution in [3.05, 3.63) is 46.6 Å². The van der Waals surface area contributed by atoms with Crippen molar-refractivity contribution in [1.29, 1.82) is 0 Å². The summed E-state index contributed by atoms with van der Waals surface area (Å²) in [6, 6.07) is 7.62. The number of methoxy groups -OCH3 is 1. The summed E-state index contributed by atoms with van der Waals surface area (Å²) >= 11 is 2.52. The zero-order valence-electron chi connectivity index (χ0n) is 15.4. The average Bonchev–Trinajstić information content (AvgIpc) is 3.22. The predicted molar refractivity (Wildman–Crippen MR) is 106 cm³/mol. The molecule has 0 aliphatic heterocycles. The number of thioether (sulfide) groups is 1. The minimum atomic E-state index is -0.496. The van der Waals surface area contributed by atoms with E-state index in [1.807, 2.05) is 6.92 Å². The Hall–Kier alpha value is -2.72. The number of ether oxygens (including phenoxy) is 1. The van der Waals surface area contributed by atoms with Crippen LogP contribution in [-0.4, -0.2) is 39.5 Å². The third-order valence-electron chi connectivity index (χ3n) is 3.78. The molecule has 0 saturated heterocycles. The van der Waals surface area contributed by atoms with Gasteiger partial charge in [-0.1, -0.05) is 11.8 Å². The first kappa shape index (κ1) is 20.0. The summed E-state index contributed by atoms with van der Waals surface area (Å²) in [5, 5.41) is 11.9. The molecule has 0 fully saturated rings. The normalized spacial score (nSPS) is 10.7. The van der Waals surface area contributed by atoms with Crippen LogP contribution in [-0.2, 0) is 16.6 Å². The van der Waals surface area contributed by atoms with Gasteiger partial charge in [0.05, 0.1) is 18.4 Å². The van der Waals surface area contributed by atoms with E-state index in [9.17, 15) is 14.0 Å². The van der Waals surface area contributed by atoms with Crippen LogP contribution in [0, 0.1) is 12.7 Å². The number of rotatable bonds is 6. The number of carbonyl (C=O) groups excluding carboxylic acids is 2. The van der Waals surface area contributed by atoms with Crippen LogP contribution in [0.2, 0.25) is 0 Å². The fourth-order valence-electron chi connectivity index (χ4n) is 2.45. The van der Waals surface area contributed by atoms with Crippen molar-refractivity contribution in [1.82, 2.24) is 14.8 Å². The summed E-state index contributed by atoms with van der Waals surface area (Å²) in [4.78, 5) is 25.0. The van der Waals surface area contributed by atoms with Gasteiger partial charge in [-0.05, 0) is 37.3 Å². The summed E-state index contributed by atoms with van der Waals surface area (Å²) in [5.74, 6) is -0.433. The molecule has 0 atom stereocenters. The fourth-order valence-corrected chi connectivity index (χ4v) is 4.08. The van der Waals surface area contributed by atoms with Crippen LogP contribution in [0.3, 0.4) is 0 Å². The quantitative estimate of drug-likeness (QED) is 0.485. The number of aryl methyl sites for hydroxylation is 1. The van der Waals surface area contributed by atoms with Gasteiger partial charge in [0.15, 0.2) is 11.0 Å². The van der Waals surface area contributed by atoms with E-state index in [4.69, 9.17) is 4.74 Å². The van der Waals surface area contributed by atoms with E-state index in [0.717, 1.165) is 10.4 Å². The maximum absolute atomic E-state index is 13.1. The highest BCUT2D eigenvalue weighted by molar-refractivity contribution is 7.99. The van der Waals surface area contributed by atoms with Gasteiger partial charge in [-0.15, -0.1) is 21.5 Å². The van der Waals surface area contributed by atoms with E-state index in [1.165, 1.54) is 42.3 Å². The van der Waals surface area contributed by atoms with Crippen LogP contribution < -0.4 is 5.32 Å². The summed E-state index contributed by atoms with van der Waals surface area (Å²) in [5.41, 5.74) is 1.06. The molecule has 7 nitrogen and oxygen atoms in total. The number of hydrogen-bond donors (Lipinski definition) is 1. The Labute approximate surface area is 168 Å². The number of benzene rings is 1. The van der Waals surface area contributed by atoms with Crippen LogP contribution >= 0.6 is 23.1 Å². The lowest BCUT2D eigenvalue weighted by Gasteiger charge is -2.06. The topological polar surface area (TPSA) is 86.1 Å². The van der Waals surface area contributed by atoms with E-state index in [2.05, 4.69) is 15.5 Å². The standard InChI is InChI=1S/C18H17FN4O3S2/c1-10-8-13(17(25)26-3)16(28-10)20-14(24)9-27-18-22-21-15(23(18)2)11-4-6-12(19)7-5-11/h4-8H,9H2,1-3H3,(H,20,24). The van der Waals surface area contributed by atoms with Crippen molar-refractivity contribution in [3.63, 3.8) is 0 Å². The monoisotopic (exact) mass is 420 g/mol. The van der Waals surface area contributed by atoms with Crippen molar-refractivity contribution >= 4 is 40.0 Å². The second-order valence-corrected chi connectivity index (χ2v) is 8.00.